The zero-order valence-electron chi connectivity index (χ0n) is 12.6. The number of carbonyl (C=O) groups excluding carboxylic acids is 1. The fourth-order valence-electron chi connectivity index (χ4n) is 2.33. The highest BCUT2D eigenvalue weighted by molar-refractivity contribution is 7.89. The molecule has 1 aliphatic heterocycles. The number of hydrogen-bond donors (Lipinski definition) is 1. The maximum absolute atomic E-state index is 12.7. The van der Waals surface area contributed by atoms with Gasteiger partial charge in [-0.3, -0.25) is 0 Å². The third-order valence-corrected chi connectivity index (χ3v) is 5.54. The second-order valence-corrected chi connectivity index (χ2v) is 6.89. The highest BCUT2D eigenvalue weighted by atomic mass is 35.5. The van der Waals surface area contributed by atoms with Crippen molar-refractivity contribution in [3.05, 3.63) is 17.6 Å². The molecule has 2 N–H and O–H groups in total. The molecule has 0 radical (unpaired) electrons. The molecule has 0 aromatic carbocycles. The van der Waals surface area contributed by atoms with Crippen molar-refractivity contribution in [3.63, 3.8) is 0 Å². The molecule has 0 saturated carbocycles. The molecular formula is C13H21ClN2O5S. The highest BCUT2D eigenvalue weighted by Gasteiger charge is 2.33. The SMILES string of the molecule is CCc1oc(C(=O)OC)cc1S(=O)(=O)N1CCC(N)CC1.Cl. The number of halogens is 1. The van der Waals surface area contributed by atoms with Gasteiger partial charge in [-0.1, -0.05) is 6.92 Å². The molecule has 1 aliphatic rings. The molecule has 2 rings (SSSR count). The lowest BCUT2D eigenvalue weighted by molar-refractivity contribution is 0.0563. The van der Waals surface area contributed by atoms with E-state index in [1.807, 2.05) is 0 Å². The number of ether oxygens (including phenoxy) is 1. The number of piperidine rings is 1. The standard InChI is InChI=1S/C13H20N2O5S.ClH/c1-3-10-12(8-11(20-10)13(16)19-2)21(17,18)15-6-4-9(14)5-7-15;/h8-9H,3-7,14H2,1-2H3;1H. The van der Waals surface area contributed by atoms with Crippen molar-refractivity contribution in [2.24, 2.45) is 5.73 Å². The van der Waals surface area contributed by atoms with Crippen LogP contribution in [0.2, 0.25) is 0 Å². The van der Waals surface area contributed by atoms with Gasteiger partial charge in [0.05, 0.1) is 7.11 Å². The number of nitrogens with two attached hydrogens (primary N) is 1. The average molecular weight is 353 g/mol. The highest BCUT2D eigenvalue weighted by Crippen LogP contribution is 2.27. The summed E-state index contributed by atoms with van der Waals surface area (Å²) < 4.78 is 36.6. The van der Waals surface area contributed by atoms with Gasteiger partial charge in [0.25, 0.3) is 0 Å². The van der Waals surface area contributed by atoms with Crippen molar-refractivity contribution < 1.29 is 22.4 Å². The van der Waals surface area contributed by atoms with E-state index in [9.17, 15) is 13.2 Å². The second kappa shape index (κ2) is 7.45. The predicted octanol–water partition coefficient (Wildman–Crippen LogP) is 1.16. The molecule has 2 heterocycles. The molecule has 7 nitrogen and oxygen atoms in total. The summed E-state index contributed by atoms with van der Waals surface area (Å²) in [6, 6.07) is 1.28. The van der Waals surface area contributed by atoms with Crippen LogP contribution in [-0.2, 0) is 21.2 Å². The molecule has 0 aliphatic carbocycles. The summed E-state index contributed by atoms with van der Waals surface area (Å²) in [6.07, 6.45) is 1.63. The lowest BCUT2D eigenvalue weighted by atomic mass is 10.1. The number of sulfonamides is 1. The Morgan fingerprint density at radius 3 is 2.55 bits per heavy atom. The van der Waals surface area contributed by atoms with Gasteiger partial charge in [0, 0.05) is 31.6 Å². The summed E-state index contributed by atoms with van der Waals surface area (Å²) in [5, 5.41) is 0. The first-order chi connectivity index (χ1) is 9.90. The van der Waals surface area contributed by atoms with E-state index in [1.165, 1.54) is 17.5 Å². The average Bonchev–Trinajstić information content (AvgIpc) is 2.92. The first kappa shape index (κ1) is 19.0. The molecule has 22 heavy (non-hydrogen) atoms. The van der Waals surface area contributed by atoms with E-state index in [0.29, 0.717) is 32.4 Å². The van der Waals surface area contributed by atoms with Gasteiger partial charge in [-0.05, 0) is 12.8 Å². The molecule has 0 spiro atoms. The molecule has 126 valence electrons. The van der Waals surface area contributed by atoms with Crippen LogP contribution >= 0.6 is 12.4 Å². The first-order valence-electron chi connectivity index (χ1n) is 6.87. The Morgan fingerprint density at radius 2 is 2.05 bits per heavy atom. The summed E-state index contributed by atoms with van der Waals surface area (Å²) in [5.74, 6) is -0.515. The van der Waals surface area contributed by atoms with Gasteiger partial charge < -0.3 is 14.9 Å². The summed E-state index contributed by atoms with van der Waals surface area (Å²) in [5.41, 5.74) is 5.80. The minimum Gasteiger partial charge on any atom is -0.463 e. The Morgan fingerprint density at radius 1 is 1.45 bits per heavy atom. The zero-order chi connectivity index (χ0) is 15.6. The van der Waals surface area contributed by atoms with Crippen LogP contribution in [0.15, 0.2) is 15.4 Å². The summed E-state index contributed by atoms with van der Waals surface area (Å²) in [7, 11) is -2.45. The number of aryl methyl sites for hydroxylation is 1. The van der Waals surface area contributed by atoms with Crippen LogP contribution in [-0.4, -0.2) is 44.9 Å². The number of methoxy groups -OCH3 is 1. The molecule has 1 aromatic heterocycles. The van der Waals surface area contributed by atoms with Gasteiger partial charge in [-0.2, -0.15) is 4.31 Å². The molecule has 0 unspecified atom stereocenters. The molecule has 1 saturated heterocycles. The molecule has 0 bridgehead atoms. The van der Waals surface area contributed by atoms with E-state index in [4.69, 9.17) is 10.2 Å². The summed E-state index contributed by atoms with van der Waals surface area (Å²) in [6.45, 7) is 2.53. The quantitative estimate of drug-likeness (QED) is 0.816. The van der Waals surface area contributed by atoms with Crippen molar-refractivity contribution in [1.29, 1.82) is 0 Å². The molecule has 0 amide bonds. The van der Waals surface area contributed by atoms with Crippen LogP contribution in [0.5, 0.6) is 0 Å². The Bertz CT molecular complexity index is 620. The van der Waals surface area contributed by atoms with Gasteiger partial charge in [0.2, 0.25) is 15.8 Å². The van der Waals surface area contributed by atoms with E-state index in [2.05, 4.69) is 4.74 Å². The third-order valence-electron chi connectivity index (χ3n) is 3.59. The van der Waals surface area contributed by atoms with Crippen molar-refractivity contribution in [2.45, 2.75) is 37.1 Å². The molecule has 1 fully saturated rings. The molecule has 0 atom stereocenters. The third kappa shape index (κ3) is 3.62. The first-order valence-corrected chi connectivity index (χ1v) is 8.31. The van der Waals surface area contributed by atoms with E-state index in [-0.39, 0.29) is 34.9 Å². The maximum Gasteiger partial charge on any atom is 0.373 e. The lowest BCUT2D eigenvalue weighted by Gasteiger charge is -2.29. The number of rotatable bonds is 4. The van der Waals surface area contributed by atoms with Crippen molar-refractivity contribution in [3.8, 4) is 0 Å². The van der Waals surface area contributed by atoms with Crippen molar-refractivity contribution in [2.75, 3.05) is 20.2 Å². The van der Waals surface area contributed by atoms with Crippen LogP contribution in [0.3, 0.4) is 0 Å². The largest absolute Gasteiger partial charge is 0.463 e. The van der Waals surface area contributed by atoms with Crippen LogP contribution in [0, 0.1) is 0 Å². The van der Waals surface area contributed by atoms with E-state index in [0.717, 1.165) is 0 Å². The van der Waals surface area contributed by atoms with Crippen LogP contribution in [0.25, 0.3) is 0 Å². The van der Waals surface area contributed by atoms with E-state index >= 15 is 0 Å². The summed E-state index contributed by atoms with van der Waals surface area (Å²) in [4.78, 5) is 11.5. The second-order valence-electron chi connectivity index (χ2n) is 4.98. The molecular weight excluding hydrogens is 332 g/mol. The van der Waals surface area contributed by atoms with Gasteiger partial charge in [0.1, 0.15) is 10.7 Å². The number of nitrogens with zero attached hydrogens (tertiary/aromatic N) is 1. The molecule has 1 aromatic rings. The van der Waals surface area contributed by atoms with E-state index < -0.39 is 16.0 Å². The Kier molecular flexibility index (Phi) is 6.42. The molecule has 9 heteroatoms. The van der Waals surface area contributed by atoms with Crippen LogP contribution in [0.4, 0.5) is 0 Å². The minimum atomic E-state index is -3.67. The van der Waals surface area contributed by atoms with E-state index in [1.54, 1.807) is 6.92 Å². The van der Waals surface area contributed by atoms with Crippen LogP contribution in [0.1, 0.15) is 36.1 Å². The number of hydrogen-bond acceptors (Lipinski definition) is 6. The number of furan rings is 1. The van der Waals surface area contributed by atoms with Gasteiger partial charge in [0.15, 0.2) is 0 Å². The fraction of sp³-hybridized carbons (Fsp3) is 0.615. The van der Waals surface area contributed by atoms with Crippen molar-refractivity contribution >= 4 is 28.4 Å². The Labute approximate surface area is 136 Å². The zero-order valence-corrected chi connectivity index (χ0v) is 14.2. The predicted molar refractivity (Wildman–Crippen MR) is 82.6 cm³/mol. The van der Waals surface area contributed by atoms with Crippen molar-refractivity contribution in [1.82, 2.24) is 4.31 Å². The van der Waals surface area contributed by atoms with Gasteiger partial charge in [-0.25, -0.2) is 13.2 Å². The monoisotopic (exact) mass is 352 g/mol. The lowest BCUT2D eigenvalue weighted by Crippen LogP contribution is -2.42. The van der Waals surface area contributed by atoms with Gasteiger partial charge >= 0.3 is 5.97 Å². The van der Waals surface area contributed by atoms with Gasteiger partial charge in [-0.15, -0.1) is 12.4 Å². The normalized spacial score (nSPS) is 17.0. The Balaban J connectivity index is 0.00000242. The Hall–Kier alpha value is -1.09. The fourth-order valence-corrected chi connectivity index (χ4v) is 4.03. The van der Waals surface area contributed by atoms with Crippen LogP contribution < -0.4 is 5.73 Å². The number of carbonyl (C=O) groups is 1. The smallest absolute Gasteiger partial charge is 0.373 e. The maximum atomic E-state index is 12.7. The topological polar surface area (TPSA) is 103 Å². The number of esters is 1. The minimum absolute atomic E-state index is 0. The summed E-state index contributed by atoms with van der Waals surface area (Å²) >= 11 is 0.